The van der Waals surface area contributed by atoms with Crippen LogP contribution < -0.4 is 21.0 Å². The van der Waals surface area contributed by atoms with Crippen LogP contribution in [0.3, 0.4) is 0 Å². The largest absolute Gasteiger partial charge is 0.494 e. The van der Waals surface area contributed by atoms with Crippen molar-refractivity contribution in [3.63, 3.8) is 0 Å². The van der Waals surface area contributed by atoms with E-state index in [4.69, 9.17) is 29.8 Å². The Morgan fingerprint density at radius 2 is 1.23 bits per heavy atom. The molecule has 17 heteroatoms. The van der Waals surface area contributed by atoms with Gasteiger partial charge < -0.3 is 33.2 Å². The molecule has 0 aliphatic rings. The molecule has 0 saturated heterocycles. The SMILES string of the molecule is CC(C)(C)OC(=O)NC(=N)c1ccc(COCCCn2ccn(CCCOc3ccc(C(=N)NC(=O)OC(C)(C)C)cc3)/c2=N\C(O)C(F)(F)F)cc1. The van der Waals surface area contributed by atoms with Gasteiger partial charge in [-0.1, -0.05) is 24.3 Å². The number of carbonyl (C=O) groups is 2. The van der Waals surface area contributed by atoms with E-state index in [1.165, 1.54) is 9.13 Å². The predicted octanol–water partition coefficient (Wildman–Crippen LogP) is 5.85. The fourth-order valence-electron chi connectivity index (χ4n) is 4.53. The number of hydrogen-bond acceptors (Lipinski definition) is 10. The molecule has 0 aliphatic carbocycles. The van der Waals surface area contributed by atoms with Gasteiger partial charge in [-0.15, -0.1) is 0 Å². The number of alkyl carbamates (subject to hydrolysis) is 2. The van der Waals surface area contributed by atoms with Crippen LogP contribution in [0.25, 0.3) is 0 Å². The lowest BCUT2D eigenvalue weighted by atomic mass is 10.1. The Balaban J connectivity index is 1.50. The van der Waals surface area contributed by atoms with Crippen molar-refractivity contribution in [2.45, 2.75) is 97.7 Å². The molecule has 14 nitrogen and oxygen atoms in total. The zero-order valence-corrected chi connectivity index (χ0v) is 30.7. The fourth-order valence-corrected chi connectivity index (χ4v) is 4.53. The minimum atomic E-state index is -4.94. The average molecular weight is 748 g/mol. The number of alkyl halides is 3. The third kappa shape index (κ3) is 15.2. The van der Waals surface area contributed by atoms with E-state index in [2.05, 4.69) is 15.6 Å². The van der Waals surface area contributed by atoms with E-state index in [0.717, 1.165) is 5.56 Å². The quantitative estimate of drug-likeness (QED) is 0.0778. The van der Waals surface area contributed by atoms with Gasteiger partial charge in [0.05, 0.1) is 13.2 Å². The summed E-state index contributed by atoms with van der Waals surface area (Å²) in [6.45, 7) is 11.6. The Morgan fingerprint density at radius 3 is 1.68 bits per heavy atom. The standard InChI is InChI=1S/C36H48F3N7O7/c1-34(2,3)52-32(48)42-28(40)25-11-9-24(10-12-25)23-50-21-7-17-45-19-20-46(31(45)44-30(47)36(37,38)39)18-8-22-51-27-15-13-26(14-16-27)29(41)43-33(49)53-35(4,5)6/h9-16,19-20,30,47H,7-8,17-18,21-23H2,1-6H3,(H2,40,42,48)(H2,41,43,49)/b44-31-. The summed E-state index contributed by atoms with van der Waals surface area (Å²) in [4.78, 5) is 27.4. The van der Waals surface area contributed by atoms with Crippen LogP contribution in [-0.4, -0.2) is 74.9 Å². The molecule has 53 heavy (non-hydrogen) atoms. The first kappa shape index (κ1) is 42.3. The van der Waals surface area contributed by atoms with Crippen LogP contribution in [0, 0.1) is 10.8 Å². The second-order valence-corrected chi connectivity index (χ2v) is 13.9. The molecular weight excluding hydrogens is 699 g/mol. The smallest absolute Gasteiger partial charge is 0.435 e. The Labute approximate surface area is 305 Å². The minimum absolute atomic E-state index is 0.0618. The van der Waals surface area contributed by atoms with Gasteiger partial charge in [0, 0.05) is 43.2 Å². The summed E-state index contributed by atoms with van der Waals surface area (Å²) >= 11 is 0. The van der Waals surface area contributed by atoms with Crippen LogP contribution in [0.5, 0.6) is 5.75 Å². The Hall–Kier alpha value is -5.16. The topological polar surface area (TPSA) is 185 Å². The van der Waals surface area contributed by atoms with Crippen molar-refractivity contribution in [2.24, 2.45) is 4.99 Å². The molecule has 1 unspecified atom stereocenters. The molecule has 2 aromatic carbocycles. The van der Waals surface area contributed by atoms with Crippen molar-refractivity contribution in [2.75, 3.05) is 13.2 Å². The van der Waals surface area contributed by atoms with Crippen LogP contribution in [0.4, 0.5) is 22.8 Å². The first-order chi connectivity index (χ1) is 24.7. The first-order valence-corrected chi connectivity index (χ1v) is 16.8. The van der Waals surface area contributed by atoms with E-state index in [0.29, 0.717) is 29.7 Å². The van der Waals surface area contributed by atoms with Gasteiger partial charge in [-0.25, -0.2) is 14.6 Å². The molecule has 290 valence electrons. The number of benzene rings is 2. The number of nitrogens with one attached hydrogen (secondary N) is 4. The number of halogens is 3. The van der Waals surface area contributed by atoms with Gasteiger partial charge in [0.15, 0.2) is 0 Å². The van der Waals surface area contributed by atoms with E-state index in [1.807, 2.05) is 0 Å². The van der Waals surface area contributed by atoms with Gasteiger partial charge in [-0.05, 0) is 84.2 Å². The van der Waals surface area contributed by atoms with Crippen LogP contribution in [0.1, 0.15) is 71.1 Å². The van der Waals surface area contributed by atoms with Gasteiger partial charge in [0.25, 0.3) is 0 Å². The average Bonchev–Trinajstić information content (AvgIpc) is 3.41. The second-order valence-electron chi connectivity index (χ2n) is 13.9. The molecule has 0 radical (unpaired) electrons. The summed E-state index contributed by atoms with van der Waals surface area (Å²) in [6.07, 6.45) is -5.31. The number of aryl methyl sites for hydroxylation is 2. The Morgan fingerprint density at radius 1 is 0.774 bits per heavy atom. The number of rotatable bonds is 14. The van der Waals surface area contributed by atoms with E-state index in [9.17, 15) is 27.9 Å². The number of carbonyl (C=O) groups excluding carboxylic acids is 2. The zero-order chi connectivity index (χ0) is 39.4. The lowest BCUT2D eigenvalue weighted by Crippen LogP contribution is -2.36. The third-order valence-corrected chi connectivity index (χ3v) is 6.88. The highest BCUT2D eigenvalue weighted by Crippen LogP contribution is 2.20. The van der Waals surface area contributed by atoms with Gasteiger partial charge in [-0.2, -0.15) is 13.2 Å². The van der Waals surface area contributed by atoms with E-state index >= 15 is 0 Å². The van der Waals surface area contributed by atoms with E-state index < -0.39 is 35.8 Å². The van der Waals surface area contributed by atoms with Gasteiger partial charge in [0.1, 0.15) is 28.6 Å². The molecule has 1 atom stereocenters. The number of imidazole rings is 1. The summed E-state index contributed by atoms with van der Waals surface area (Å²) in [7, 11) is 0. The molecule has 1 aromatic heterocycles. The monoisotopic (exact) mass is 747 g/mol. The molecule has 0 fully saturated rings. The summed E-state index contributed by atoms with van der Waals surface area (Å²) in [5.41, 5.74) is 0.264. The summed E-state index contributed by atoms with van der Waals surface area (Å²) in [6, 6.07) is 13.3. The molecule has 3 rings (SSSR count). The number of aromatic nitrogens is 2. The lowest BCUT2D eigenvalue weighted by molar-refractivity contribution is -0.202. The Kier molecular flexibility index (Phi) is 14.8. The summed E-state index contributed by atoms with van der Waals surface area (Å²) in [5, 5.41) is 30.6. The summed E-state index contributed by atoms with van der Waals surface area (Å²) < 4.78 is 64.5. The molecule has 0 aliphatic heterocycles. The number of nitrogens with zero attached hydrogens (tertiary/aromatic N) is 3. The number of hydrogen-bond donors (Lipinski definition) is 5. The lowest BCUT2D eigenvalue weighted by Gasteiger charge is -2.19. The molecule has 5 N–H and O–H groups in total. The minimum Gasteiger partial charge on any atom is -0.494 e. The number of ether oxygens (including phenoxy) is 4. The number of amides is 2. The van der Waals surface area contributed by atoms with Crippen molar-refractivity contribution >= 4 is 23.9 Å². The Bertz CT molecular complexity index is 1760. The maximum Gasteiger partial charge on any atom is 0.435 e. The first-order valence-electron chi connectivity index (χ1n) is 16.8. The maximum atomic E-state index is 13.2. The molecule has 0 saturated carbocycles. The van der Waals surface area contributed by atoms with Crippen molar-refractivity contribution in [3.05, 3.63) is 83.2 Å². The van der Waals surface area contributed by atoms with Crippen molar-refractivity contribution < 1.29 is 46.8 Å². The van der Waals surface area contributed by atoms with Crippen molar-refractivity contribution in [3.8, 4) is 5.75 Å². The van der Waals surface area contributed by atoms with Gasteiger partial charge in [0.2, 0.25) is 11.8 Å². The highest BCUT2D eigenvalue weighted by atomic mass is 19.4. The highest BCUT2D eigenvalue weighted by molar-refractivity contribution is 6.05. The fraction of sp³-hybridized carbons (Fsp3) is 0.472. The van der Waals surface area contributed by atoms with Crippen LogP contribution in [0.15, 0.2) is 65.9 Å². The van der Waals surface area contributed by atoms with Crippen LogP contribution in [-0.2, 0) is 33.9 Å². The van der Waals surface area contributed by atoms with E-state index in [-0.39, 0.29) is 50.2 Å². The second kappa shape index (κ2) is 18.6. The zero-order valence-electron chi connectivity index (χ0n) is 30.7. The van der Waals surface area contributed by atoms with E-state index in [1.54, 1.807) is 102 Å². The molecule has 2 amide bonds. The van der Waals surface area contributed by atoms with Crippen molar-refractivity contribution in [1.29, 1.82) is 10.8 Å². The molecule has 0 bridgehead atoms. The maximum absolute atomic E-state index is 13.2. The van der Waals surface area contributed by atoms with Crippen LogP contribution >= 0.6 is 0 Å². The molecule has 3 aromatic rings. The van der Waals surface area contributed by atoms with Gasteiger partial charge >= 0.3 is 18.4 Å². The number of aliphatic hydroxyl groups excluding tert-OH is 1. The van der Waals surface area contributed by atoms with Crippen LogP contribution in [0.2, 0.25) is 0 Å². The number of amidine groups is 2. The third-order valence-electron chi connectivity index (χ3n) is 6.88. The number of aliphatic hydroxyl groups is 1. The normalized spacial score (nSPS) is 12.9. The summed E-state index contributed by atoms with van der Waals surface area (Å²) in [5.74, 6) is 0.237. The highest BCUT2D eigenvalue weighted by Gasteiger charge is 2.38. The molecular formula is C36H48F3N7O7. The molecule has 0 spiro atoms. The predicted molar refractivity (Wildman–Crippen MR) is 190 cm³/mol. The van der Waals surface area contributed by atoms with Crippen molar-refractivity contribution in [1.82, 2.24) is 19.8 Å². The molecule has 1 heterocycles. The van der Waals surface area contributed by atoms with Gasteiger partial charge in [-0.3, -0.25) is 21.5 Å².